The number of fused-ring (bicyclic) bond motifs is 1. The molecule has 0 aliphatic carbocycles. The molecule has 2 aromatic carbocycles. The van der Waals surface area contributed by atoms with Crippen LogP contribution in [0.15, 0.2) is 59.6 Å². The average molecular weight is 407 g/mol. The predicted molar refractivity (Wildman–Crippen MR) is 120 cm³/mol. The molecular weight excluding hydrogens is 380 g/mol. The highest BCUT2D eigenvalue weighted by atomic mass is 32.2. The number of carbonyl (C=O) groups is 1. The van der Waals surface area contributed by atoms with Gasteiger partial charge >= 0.3 is 0 Å². The van der Waals surface area contributed by atoms with E-state index in [0.29, 0.717) is 12.1 Å². The molecule has 1 fully saturated rings. The van der Waals surface area contributed by atoms with Gasteiger partial charge in [-0.15, -0.1) is 0 Å². The fraction of sp³-hybridized carbons (Fsp3) is 0.304. The number of pyridine rings is 1. The van der Waals surface area contributed by atoms with Crippen LogP contribution < -0.4 is 10.0 Å². The molecule has 1 aliphatic rings. The van der Waals surface area contributed by atoms with E-state index in [1.807, 2.05) is 41.4 Å². The van der Waals surface area contributed by atoms with Gasteiger partial charge in [-0.1, -0.05) is 6.07 Å². The third-order valence-corrected chi connectivity index (χ3v) is 5.94. The number of piperazine rings is 1. The molecule has 2 unspecified atom stereocenters. The molecule has 1 saturated heterocycles. The molecule has 2 atom stereocenters. The summed E-state index contributed by atoms with van der Waals surface area (Å²) in [6.07, 6.45) is 1.82. The lowest BCUT2D eigenvalue weighted by Gasteiger charge is -2.36. The molecule has 0 radical (unpaired) electrons. The van der Waals surface area contributed by atoms with E-state index in [4.69, 9.17) is 0 Å². The van der Waals surface area contributed by atoms with Crippen molar-refractivity contribution in [3.63, 3.8) is 0 Å². The van der Waals surface area contributed by atoms with Crippen LogP contribution in [0, 0.1) is 6.92 Å². The summed E-state index contributed by atoms with van der Waals surface area (Å²) in [5.41, 5.74) is 3.88. The van der Waals surface area contributed by atoms with Gasteiger partial charge in [0.15, 0.2) is 0 Å². The lowest BCUT2D eigenvalue weighted by atomic mass is 10.1. The summed E-state index contributed by atoms with van der Waals surface area (Å²) in [5, 5.41) is 4.60. The van der Waals surface area contributed by atoms with Crippen LogP contribution in [0.1, 0.15) is 29.8 Å². The SMILES string of the molecule is Cc1cc(SNc2ccc(C(=O)N3CC(C)NC(C)C3)cc2)c2ncccc2c1. The van der Waals surface area contributed by atoms with Gasteiger partial charge in [0.1, 0.15) is 0 Å². The molecule has 0 saturated carbocycles. The highest BCUT2D eigenvalue weighted by Crippen LogP contribution is 2.29. The minimum Gasteiger partial charge on any atom is -0.336 e. The number of aryl methyl sites for hydroxylation is 1. The van der Waals surface area contributed by atoms with Crippen LogP contribution in [0.4, 0.5) is 5.69 Å². The topological polar surface area (TPSA) is 57.3 Å². The Kier molecular flexibility index (Phi) is 5.74. The van der Waals surface area contributed by atoms with Crippen molar-refractivity contribution in [3.05, 3.63) is 65.9 Å². The molecule has 0 bridgehead atoms. The number of anilines is 1. The quantitative estimate of drug-likeness (QED) is 0.626. The van der Waals surface area contributed by atoms with E-state index in [-0.39, 0.29) is 5.91 Å². The summed E-state index contributed by atoms with van der Waals surface area (Å²) in [7, 11) is 0. The van der Waals surface area contributed by atoms with Gasteiger partial charge in [0.2, 0.25) is 0 Å². The third kappa shape index (κ3) is 4.54. The minimum absolute atomic E-state index is 0.0956. The second-order valence-electron chi connectivity index (χ2n) is 7.80. The Balaban J connectivity index is 1.45. The van der Waals surface area contributed by atoms with Crippen LogP contribution in [-0.4, -0.2) is 41.0 Å². The number of carbonyl (C=O) groups excluding carboxylic acids is 1. The smallest absolute Gasteiger partial charge is 0.253 e. The average Bonchev–Trinajstić information content (AvgIpc) is 2.71. The zero-order valence-corrected chi connectivity index (χ0v) is 17.8. The summed E-state index contributed by atoms with van der Waals surface area (Å²) in [6.45, 7) is 7.81. The molecule has 0 spiro atoms. The summed E-state index contributed by atoms with van der Waals surface area (Å²) >= 11 is 1.54. The molecule has 5 nitrogen and oxygen atoms in total. The van der Waals surface area contributed by atoms with E-state index in [1.54, 1.807) is 11.9 Å². The number of hydrogen-bond acceptors (Lipinski definition) is 5. The Labute approximate surface area is 176 Å². The molecule has 29 heavy (non-hydrogen) atoms. The van der Waals surface area contributed by atoms with Crippen LogP contribution in [0.25, 0.3) is 10.9 Å². The second kappa shape index (κ2) is 8.43. The normalized spacial score (nSPS) is 19.3. The zero-order valence-electron chi connectivity index (χ0n) is 17.0. The van der Waals surface area contributed by atoms with Crippen molar-refractivity contribution in [2.24, 2.45) is 0 Å². The van der Waals surface area contributed by atoms with E-state index in [9.17, 15) is 4.79 Å². The molecule has 150 valence electrons. The summed E-state index contributed by atoms with van der Waals surface area (Å²) in [6, 6.07) is 16.7. The number of nitrogens with zero attached hydrogens (tertiary/aromatic N) is 2. The summed E-state index contributed by atoms with van der Waals surface area (Å²) in [4.78, 5) is 20.4. The predicted octanol–water partition coefficient (Wildman–Crippen LogP) is 4.48. The van der Waals surface area contributed by atoms with Crippen LogP contribution in [0.3, 0.4) is 0 Å². The Morgan fingerprint density at radius 3 is 2.59 bits per heavy atom. The third-order valence-electron chi connectivity index (χ3n) is 5.07. The Bertz CT molecular complexity index is 1010. The van der Waals surface area contributed by atoms with E-state index < -0.39 is 0 Å². The van der Waals surface area contributed by atoms with Gasteiger partial charge in [0.05, 0.1) is 10.4 Å². The van der Waals surface area contributed by atoms with Crippen molar-refractivity contribution in [2.75, 3.05) is 17.8 Å². The molecular formula is C23H26N4OS. The van der Waals surface area contributed by atoms with E-state index in [1.165, 1.54) is 5.56 Å². The number of benzene rings is 2. The zero-order chi connectivity index (χ0) is 20.4. The lowest BCUT2D eigenvalue weighted by Crippen LogP contribution is -2.55. The maximum Gasteiger partial charge on any atom is 0.253 e. The molecule has 4 rings (SSSR count). The highest BCUT2D eigenvalue weighted by Gasteiger charge is 2.25. The van der Waals surface area contributed by atoms with Crippen LogP contribution in [0.5, 0.6) is 0 Å². The number of hydrogen-bond donors (Lipinski definition) is 2. The van der Waals surface area contributed by atoms with Gasteiger partial charge in [-0.2, -0.15) is 0 Å². The van der Waals surface area contributed by atoms with Crippen molar-refractivity contribution in [1.29, 1.82) is 0 Å². The molecule has 3 aromatic rings. The number of amides is 1. The number of rotatable bonds is 4. The van der Waals surface area contributed by atoms with Crippen molar-refractivity contribution >= 4 is 34.4 Å². The first kappa shape index (κ1) is 19.7. The molecule has 6 heteroatoms. The standard InChI is InChI=1S/C23H26N4OS/c1-15-11-19-5-4-10-24-22(19)21(12-15)29-26-20-8-6-18(7-9-20)23(28)27-13-16(2)25-17(3)14-27/h4-12,16-17,25-26H,13-14H2,1-3H3. The summed E-state index contributed by atoms with van der Waals surface area (Å²) in [5.74, 6) is 0.0956. The van der Waals surface area contributed by atoms with Gasteiger partial charge in [0, 0.05) is 48.0 Å². The largest absolute Gasteiger partial charge is 0.336 e. The minimum atomic E-state index is 0.0956. The van der Waals surface area contributed by atoms with E-state index in [2.05, 4.69) is 54.0 Å². The Hall–Kier alpha value is -2.57. The van der Waals surface area contributed by atoms with Gasteiger partial charge in [0.25, 0.3) is 5.91 Å². The Morgan fingerprint density at radius 1 is 1.14 bits per heavy atom. The molecule has 2 N–H and O–H groups in total. The van der Waals surface area contributed by atoms with Gasteiger partial charge in [-0.3, -0.25) is 9.78 Å². The summed E-state index contributed by atoms with van der Waals surface area (Å²) < 4.78 is 3.38. The van der Waals surface area contributed by atoms with Crippen molar-refractivity contribution in [1.82, 2.24) is 15.2 Å². The van der Waals surface area contributed by atoms with Gasteiger partial charge in [-0.25, -0.2) is 0 Å². The van der Waals surface area contributed by atoms with Crippen LogP contribution in [0.2, 0.25) is 0 Å². The van der Waals surface area contributed by atoms with Crippen molar-refractivity contribution in [2.45, 2.75) is 37.8 Å². The maximum atomic E-state index is 12.8. The highest BCUT2D eigenvalue weighted by molar-refractivity contribution is 8.00. The van der Waals surface area contributed by atoms with Crippen LogP contribution >= 0.6 is 11.9 Å². The number of nitrogens with one attached hydrogen (secondary N) is 2. The van der Waals surface area contributed by atoms with Crippen molar-refractivity contribution < 1.29 is 4.79 Å². The fourth-order valence-electron chi connectivity index (χ4n) is 3.85. The van der Waals surface area contributed by atoms with Gasteiger partial charge < -0.3 is 14.9 Å². The first-order chi connectivity index (χ1) is 14.0. The first-order valence-corrected chi connectivity index (χ1v) is 10.7. The van der Waals surface area contributed by atoms with E-state index in [0.717, 1.165) is 40.1 Å². The molecule has 2 heterocycles. The van der Waals surface area contributed by atoms with E-state index >= 15 is 0 Å². The monoisotopic (exact) mass is 406 g/mol. The lowest BCUT2D eigenvalue weighted by molar-refractivity contribution is 0.0674. The number of aromatic nitrogens is 1. The first-order valence-electron chi connectivity index (χ1n) is 9.93. The molecule has 1 aliphatic heterocycles. The maximum absolute atomic E-state index is 12.8. The Morgan fingerprint density at radius 2 is 1.86 bits per heavy atom. The molecule has 1 aromatic heterocycles. The van der Waals surface area contributed by atoms with Crippen molar-refractivity contribution in [3.8, 4) is 0 Å². The van der Waals surface area contributed by atoms with Crippen LogP contribution in [-0.2, 0) is 0 Å². The molecule has 1 amide bonds. The fourth-order valence-corrected chi connectivity index (χ4v) is 4.73. The second-order valence-corrected chi connectivity index (χ2v) is 8.65. The van der Waals surface area contributed by atoms with Gasteiger partial charge in [-0.05, 0) is 80.7 Å².